The number of hydrogen-bond acceptors (Lipinski definition) is 5. The monoisotopic (exact) mass is 470 g/mol. The first-order valence-electron chi connectivity index (χ1n) is 11.1. The van der Waals surface area contributed by atoms with E-state index in [4.69, 9.17) is 5.73 Å². The molecule has 0 saturated heterocycles. The Kier molecular flexibility index (Phi) is 5.87. The van der Waals surface area contributed by atoms with Crippen molar-refractivity contribution in [2.75, 3.05) is 11.5 Å². The lowest BCUT2D eigenvalue weighted by Gasteiger charge is -2.36. The van der Waals surface area contributed by atoms with Crippen molar-refractivity contribution in [3.05, 3.63) is 54.1 Å². The first-order valence-corrected chi connectivity index (χ1v) is 12.8. The van der Waals surface area contributed by atoms with Gasteiger partial charge in [-0.2, -0.15) is 0 Å². The van der Waals surface area contributed by atoms with Crippen molar-refractivity contribution in [1.29, 1.82) is 0 Å². The van der Waals surface area contributed by atoms with Gasteiger partial charge >= 0.3 is 5.97 Å². The number of carboxylic acids is 1. The van der Waals surface area contributed by atoms with Crippen LogP contribution >= 0.6 is 0 Å². The zero-order valence-electron chi connectivity index (χ0n) is 18.9. The number of sulfonamides is 1. The molecule has 0 spiro atoms. The fourth-order valence-corrected chi connectivity index (χ4v) is 7.68. The fourth-order valence-electron chi connectivity index (χ4n) is 5.66. The number of nitrogens with two attached hydrogens (primary N) is 1. The van der Waals surface area contributed by atoms with E-state index >= 15 is 0 Å². The number of carbonyl (C=O) groups is 2. The summed E-state index contributed by atoms with van der Waals surface area (Å²) < 4.78 is 28.4. The third kappa shape index (κ3) is 4.29. The van der Waals surface area contributed by atoms with E-state index in [-0.39, 0.29) is 23.9 Å². The van der Waals surface area contributed by atoms with Crippen molar-refractivity contribution >= 4 is 27.5 Å². The summed E-state index contributed by atoms with van der Waals surface area (Å²) in [6.45, 7) is 3.92. The van der Waals surface area contributed by atoms with E-state index in [1.54, 1.807) is 18.2 Å². The molecule has 7 nitrogen and oxygen atoms in total. The quantitative estimate of drug-likeness (QED) is 0.509. The highest BCUT2D eigenvalue weighted by Gasteiger charge is 2.65. The van der Waals surface area contributed by atoms with Crippen LogP contribution in [-0.4, -0.2) is 37.1 Å². The van der Waals surface area contributed by atoms with Crippen LogP contribution in [-0.2, 0) is 26.0 Å². The molecule has 3 atom stereocenters. The first-order chi connectivity index (χ1) is 15.4. The van der Waals surface area contributed by atoms with Gasteiger partial charge in [0.25, 0.3) is 0 Å². The summed E-state index contributed by atoms with van der Waals surface area (Å²) in [4.78, 5) is 24.6. The van der Waals surface area contributed by atoms with Crippen molar-refractivity contribution in [3.8, 4) is 11.1 Å². The number of benzene rings is 2. The lowest BCUT2D eigenvalue weighted by molar-refractivity contribution is -0.138. The average Bonchev–Trinajstić information content (AvgIpc) is 3.07. The van der Waals surface area contributed by atoms with Crippen molar-refractivity contribution in [3.63, 3.8) is 0 Å². The van der Waals surface area contributed by atoms with Crippen LogP contribution in [0.25, 0.3) is 11.1 Å². The topological polar surface area (TPSA) is 127 Å². The van der Waals surface area contributed by atoms with Gasteiger partial charge in [0.1, 0.15) is 11.8 Å². The molecule has 33 heavy (non-hydrogen) atoms. The summed E-state index contributed by atoms with van der Waals surface area (Å²) in [6.07, 6.45) is 1.77. The summed E-state index contributed by atoms with van der Waals surface area (Å²) in [5.41, 5.74) is 7.69. The zero-order valence-corrected chi connectivity index (χ0v) is 19.7. The molecule has 4 N–H and O–H groups in total. The molecular weight excluding hydrogens is 440 g/mol. The number of carbonyl (C=O) groups excluding carboxylic acids is 1. The highest BCUT2D eigenvalue weighted by Crippen LogP contribution is 2.64. The number of carboxylic acid groups (broad SMARTS) is 1. The minimum atomic E-state index is -4.00. The fraction of sp³-hybridized carbons (Fsp3) is 0.440. The van der Waals surface area contributed by atoms with Gasteiger partial charge in [0, 0.05) is 17.5 Å². The van der Waals surface area contributed by atoms with Crippen LogP contribution in [0.4, 0.5) is 5.69 Å². The van der Waals surface area contributed by atoms with Gasteiger partial charge in [0.15, 0.2) is 0 Å². The van der Waals surface area contributed by atoms with E-state index in [2.05, 4.69) is 4.72 Å². The van der Waals surface area contributed by atoms with Gasteiger partial charge in [0.05, 0.1) is 5.75 Å². The lowest BCUT2D eigenvalue weighted by atomic mass is 9.70. The lowest BCUT2D eigenvalue weighted by Crippen LogP contribution is -2.49. The van der Waals surface area contributed by atoms with E-state index in [0.29, 0.717) is 24.1 Å². The Bertz CT molecular complexity index is 1190. The Balaban J connectivity index is 1.49. The van der Waals surface area contributed by atoms with Crippen LogP contribution in [0.5, 0.6) is 0 Å². The molecule has 2 bridgehead atoms. The van der Waals surface area contributed by atoms with Crippen molar-refractivity contribution in [1.82, 2.24) is 4.72 Å². The highest BCUT2D eigenvalue weighted by atomic mass is 32.2. The number of nitrogen functional groups attached to an aromatic ring is 1. The smallest absolute Gasteiger partial charge is 0.322 e. The molecule has 0 amide bonds. The number of rotatable bonds is 8. The molecular formula is C25H30N2O5S. The summed E-state index contributed by atoms with van der Waals surface area (Å²) in [6, 6.07) is 13.4. The molecule has 2 aliphatic rings. The molecule has 8 heteroatoms. The Labute approximate surface area is 194 Å². The molecule has 0 aromatic heterocycles. The van der Waals surface area contributed by atoms with Crippen molar-refractivity contribution in [2.24, 2.45) is 16.7 Å². The van der Waals surface area contributed by atoms with Crippen LogP contribution in [0.15, 0.2) is 48.5 Å². The highest BCUT2D eigenvalue weighted by molar-refractivity contribution is 7.89. The Morgan fingerprint density at radius 1 is 1.18 bits per heavy atom. The molecule has 176 valence electrons. The predicted octanol–water partition coefficient (Wildman–Crippen LogP) is 3.25. The minimum Gasteiger partial charge on any atom is -0.480 e. The van der Waals surface area contributed by atoms with E-state index in [0.717, 1.165) is 17.5 Å². The maximum absolute atomic E-state index is 13.0. The number of anilines is 1. The first kappa shape index (κ1) is 23.4. The van der Waals surface area contributed by atoms with Crippen molar-refractivity contribution in [2.45, 2.75) is 45.6 Å². The van der Waals surface area contributed by atoms with Crippen LogP contribution in [0.3, 0.4) is 0 Å². The Morgan fingerprint density at radius 3 is 2.42 bits per heavy atom. The number of fused-ring (bicyclic) bond motifs is 2. The average molecular weight is 471 g/mol. The maximum atomic E-state index is 13.0. The molecule has 2 fully saturated rings. The third-order valence-electron chi connectivity index (χ3n) is 7.81. The van der Waals surface area contributed by atoms with E-state index in [9.17, 15) is 23.1 Å². The molecule has 2 aromatic carbocycles. The normalized spacial score (nSPS) is 24.7. The number of nitrogens with one attached hydrogen (secondary N) is 1. The second kappa shape index (κ2) is 8.25. The summed E-state index contributed by atoms with van der Waals surface area (Å²) in [5.74, 6) is -1.44. The number of hydrogen-bond donors (Lipinski definition) is 3. The molecule has 2 aromatic rings. The van der Waals surface area contributed by atoms with Crippen LogP contribution in [0, 0.1) is 16.7 Å². The van der Waals surface area contributed by atoms with Gasteiger partial charge in [-0.05, 0) is 59.4 Å². The van der Waals surface area contributed by atoms with E-state index < -0.39 is 32.9 Å². The molecule has 0 radical (unpaired) electrons. The SMILES string of the molecule is CC1(C)C2CC[C@]1(CS(=O)(=O)N[C@@H](Cc1ccc(-c3cccc(N)c3)cc1)C(=O)O)C(=O)C2. The van der Waals surface area contributed by atoms with Gasteiger partial charge < -0.3 is 10.8 Å². The third-order valence-corrected chi connectivity index (χ3v) is 9.33. The van der Waals surface area contributed by atoms with E-state index in [1.165, 1.54) is 0 Å². The van der Waals surface area contributed by atoms with E-state index in [1.807, 2.05) is 44.2 Å². The van der Waals surface area contributed by atoms with Crippen molar-refractivity contribution < 1.29 is 23.1 Å². The van der Waals surface area contributed by atoms with Crippen LogP contribution in [0.2, 0.25) is 0 Å². The second-order valence-corrected chi connectivity index (χ2v) is 11.7. The summed E-state index contributed by atoms with van der Waals surface area (Å²) in [7, 11) is -4.00. The van der Waals surface area contributed by atoms with Crippen LogP contribution in [0.1, 0.15) is 38.7 Å². The van der Waals surface area contributed by atoms with Gasteiger partial charge in [-0.15, -0.1) is 0 Å². The minimum absolute atomic E-state index is 0.00125. The van der Waals surface area contributed by atoms with Gasteiger partial charge in [-0.3, -0.25) is 9.59 Å². The standard InChI is InChI=1S/C25H30N2O5S/c1-24(2)19-10-11-25(24,22(28)14-19)15-33(31,32)27-21(23(29)30)12-16-6-8-17(9-7-16)18-4-3-5-20(26)13-18/h3-9,13,19,21,27H,10-12,14-15,26H2,1-2H3,(H,29,30)/t19?,21-,25-/m0/s1. The molecule has 4 rings (SSSR count). The zero-order chi connectivity index (χ0) is 24.0. The molecule has 2 aliphatic carbocycles. The Hall–Kier alpha value is -2.71. The maximum Gasteiger partial charge on any atom is 0.322 e. The van der Waals surface area contributed by atoms with Gasteiger partial charge in [0.2, 0.25) is 10.0 Å². The number of aliphatic carboxylic acids is 1. The Morgan fingerprint density at radius 2 is 1.88 bits per heavy atom. The number of Topliss-reactive ketones (excluding diaryl/α,β-unsaturated/α-hetero) is 1. The predicted molar refractivity (Wildman–Crippen MR) is 127 cm³/mol. The largest absolute Gasteiger partial charge is 0.480 e. The van der Waals surface area contributed by atoms with Crippen LogP contribution < -0.4 is 10.5 Å². The molecule has 0 heterocycles. The molecule has 2 saturated carbocycles. The van der Waals surface area contributed by atoms with Gasteiger partial charge in [-0.1, -0.05) is 50.2 Å². The second-order valence-electron chi connectivity index (χ2n) is 9.96. The molecule has 0 aliphatic heterocycles. The summed E-state index contributed by atoms with van der Waals surface area (Å²) in [5, 5.41) is 9.70. The molecule has 1 unspecified atom stereocenters. The van der Waals surface area contributed by atoms with Gasteiger partial charge in [-0.25, -0.2) is 13.1 Å². The summed E-state index contributed by atoms with van der Waals surface area (Å²) >= 11 is 0. The number of ketones is 1.